The van der Waals surface area contributed by atoms with Crippen molar-refractivity contribution in [1.29, 1.82) is 0 Å². The van der Waals surface area contributed by atoms with Crippen LogP contribution in [0.4, 0.5) is 0 Å². The van der Waals surface area contributed by atoms with E-state index in [1.165, 1.54) is 0 Å². The van der Waals surface area contributed by atoms with E-state index in [9.17, 15) is 14.7 Å². The summed E-state index contributed by atoms with van der Waals surface area (Å²) in [6.07, 6.45) is -1.44. The van der Waals surface area contributed by atoms with Crippen LogP contribution in [0.25, 0.3) is 0 Å². The number of carbonyl (C=O) groups excluding carboxylic acids is 2. The van der Waals surface area contributed by atoms with Crippen LogP contribution in [0, 0.1) is 17.8 Å². The number of hydrogen-bond acceptors (Lipinski definition) is 15. The smallest absolute Gasteiger partial charge is 0.190 e. The predicted octanol–water partition coefficient (Wildman–Crippen LogP) is 10.4. The maximum atomic E-state index is 12.4. The van der Waals surface area contributed by atoms with E-state index >= 15 is 0 Å². The van der Waals surface area contributed by atoms with E-state index in [-0.39, 0.29) is 96.5 Å². The van der Waals surface area contributed by atoms with E-state index in [4.69, 9.17) is 56.8 Å². The highest BCUT2D eigenvalue weighted by molar-refractivity contribution is 6.01. The standard InChI is InChI=1S/C19H28O4.C18H26O4.C18H24O4.C9H12O3/c1-12-14(20-6)16-17(23-19(4,5)22-16)15(12)21-18(2,3)13-10-8-7-9-11-13;2*1-11-13(19)15-16(22-18(4,5)21-15)14(11)20-17(2,3)12-9-7-6-8-10-12;1-5-4-6-8(7(5)10)12-9(2,3)11-6/h7-12,14-17H,1-6H3;6-11,13-16,19H,1-5H3;6-11,14-16H,1-5H3;4,6,8H,1-3H3/t;;;6-,8-/m...1/s1. The summed E-state index contributed by atoms with van der Waals surface area (Å²) >= 11 is 0. The van der Waals surface area contributed by atoms with E-state index in [1.54, 1.807) is 14.0 Å². The first-order chi connectivity index (χ1) is 36.7. The fraction of sp³-hybridized carbons (Fsp3) is 0.656. The second-order valence-corrected chi connectivity index (χ2v) is 25.9. The van der Waals surface area contributed by atoms with Crippen molar-refractivity contribution < 1.29 is 71.5 Å². The SMILES string of the molecule is CC1=C[C@H]2OC(C)(C)O[C@H]2C1=O.CC1C(=O)C2OC(C)(C)OC2C1OC(C)(C)c1ccccc1.CC1C(O)C2OC(C)(C)OC2C1OC(C)(C)c1ccccc1.COC1C(C)C(OC(C)(C)c2ccccc2)C2OC(C)(C)OC12. The van der Waals surface area contributed by atoms with E-state index in [2.05, 4.69) is 58.9 Å². The quantitative estimate of drug-likeness (QED) is 0.204. The number of Topliss-reactive ketones (excluding diaryl/α,β-unsaturated/α-hetero) is 2. The first kappa shape index (κ1) is 61.3. The molecule has 0 spiro atoms. The van der Waals surface area contributed by atoms with Crippen molar-refractivity contribution >= 4 is 11.6 Å². The summed E-state index contributed by atoms with van der Waals surface area (Å²) in [6, 6.07) is 30.5. The van der Waals surface area contributed by atoms with Crippen LogP contribution in [0.3, 0.4) is 0 Å². The van der Waals surface area contributed by atoms with Gasteiger partial charge < -0.3 is 61.9 Å². The average Bonchev–Trinajstić information content (AvgIpc) is 4.45. The van der Waals surface area contributed by atoms with Gasteiger partial charge in [-0.05, 0) is 132 Å². The summed E-state index contributed by atoms with van der Waals surface area (Å²) in [5.41, 5.74) is 2.75. The van der Waals surface area contributed by atoms with Crippen molar-refractivity contribution in [3.05, 3.63) is 119 Å². The molecule has 14 unspecified atom stereocenters. The highest BCUT2D eigenvalue weighted by Crippen LogP contribution is 2.48. The molecule has 16 atom stereocenters. The number of aliphatic hydroxyl groups excluding tert-OH is 1. The molecule has 11 rings (SSSR count). The Morgan fingerprint density at radius 3 is 1.25 bits per heavy atom. The molecule has 0 amide bonds. The fourth-order valence-electron chi connectivity index (χ4n) is 12.5. The van der Waals surface area contributed by atoms with Crippen LogP contribution in [0.5, 0.6) is 0 Å². The first-order valence-corrected chi connectivity index (χ1v) is 28.3. The monoisotopic (exact) mass is 1100 g/mol. The zero-order valence-electron chi connectivity index (χ0n) is 50.1. The average molecular weight is 1100 g/mol. The Morgan fingerprint density at radius 2 is 0.810 bits per heavy atom. The molecule has 3 saturated carbocycles. The molecule has 4 heterocycles. The number of ether oxygens (including phenoxy) is 12. The van der Waals surface area contributed by atoms with Crippen LogP contribution in [0.2, 0.25) is 0 Å². The highest BCUT2D eigenvalue weighted by atomic mass is 16.8. The van der Waals surface area contributed by atoms with Gasteiger partial charge >= 0.3 is 0 Å². The summed E-state index contributed by atoms with van der Waals surface area (Å²) in [5, 5.41) is 10.5. The Hall–Kier alpha value is -3.78. The topological polar surface area (TPSA) is 165 Å². The summed E-state index contributed by atoms with van der Waals surface area (Å²) < 4.78 is 71.7. The van der Waals surface area contributed by atoms with Crippen LogP contribution in [0.15, 0.2) is 103 Å². The number of ketones is 2. The van der Waals surface area contributed by atoms with Crippen molar-refractivity contribution in [2.75, 3.05) is 7.11 Å². The maximum Gasteiger partial charge on any atom is 0.190 e. The Bertz CT molecular complexity index is 2590. The Morgan fingerprint density at radius 1 is 0.456 bits per heavy atom. The third-order valence-electron chi connectivity index (χ3n) is 16.6. The Kier molecular flexibility index (Phi) is 17.7. The lowest BCUT2D eigenvalue weighted by Crippen LogP contribution is -2.39. The number of fused-ring (bicyclic) bond motifs is 4. The molecule has 4 aliphatic heterocycles. The van der Waals surface area contributed by atoms with Gasteiger partial charge in [0, 0.05) is 24.9 Å². The number of benzene rings is 3. The zero-order valence-corrected chi connectivity index (χ0v) is 50.1. The van der Waals surface area contributed by atoms with Crippen molar-refractivity contribution in [3.8, 4) is 0 Å². The van der Waals surface area contributed by atoms with Gasteiger partial charge in [-0.1, -0.05) is 112 Å². The van der Waals surface area contributed by atoms with E-state index < -0.39 is 52.2 Å². The van der Waals surface area contributed by atoms with Gasteiger partial charge in [0.05, 0.1) is 47.3 Å². The molecule has 79 heavy (non-hydrogen) atoms. The number of methoxy groups -OCH3 is 1. The lowest BCUT2D eigenvalue weighted by Gasteiger charge is -2.34. The molecule has 8 aliphatic rings. The lowest BCUT2D eigenvalue weighted by molar-refractivity contribution is -0.201. The summed E-state index contributed by atoms with van der Waals surface area (Å²) in [5.74, 6) is -2.53. The summed E-state index contributed by atoms with van der Waals surface area (Å²) in [6.45, 7) is 35.1. The minimum atomic E-state index is -0.733. The van der Waals surface area contributed by atoms with Gasteiger partial charge in [0.25, 0.3) is 0 Å². The van der Waals surface area contributed by atoms with Gasteiger partial charge in [0.2, 0.25) is 0 Å². The third kappa shape index (κ3) is 13.2. The van der Waals surface area contributed by atoms with Gasteiger partial charge in [-0.3, -0.25) is 9.59 Å². The molecule has 0 radical (unpaired) electrons. The number of hydrogen-bond donors (Lipinski definition) is 1. The summed E-state index contributed by atoms with van der Waals surface area (Å²) in [7, 11) is 1.73. The molecular weight excluding hydrogens is 1010 g/mol. The number of carbonyl (C=O) groups is 2. The molecule has 4 aliphatic carbocycles. The molecule has 436 valence electrons. The largest absolute Gasteiger partial charge is 0.390 e. The Balaban J connectivity index is 0.000000142. The molecule has 15 nitrogen and oxygen atoms in total. The van der Waals surface area contributed by atoms with E-state index in [0.29, 0.717) is 0 Å². The van der Waals surface area contributed by atoms with Crippen molar-refractivity contribution in [2.45, 2.75) is 244 Å². The normalized spacial score (nSPS) is 36.2. The zero-order chi connectivity index (χ0) is 58.0. The molecule has 7 fully saturated rings. The predicted molar refractivity (Wildman–Crippen MR) is 296 cm³/mol. The van der Waals surface area contributed by atoms with Crippen LogP contribution in [-0.4, -0.2) is 126 Å². The van der Waals surface area contributed by atoms with Crippen LogP contribution < -0.4 is 0 Å². The van der Waals surface area contributed by atoms with Crippen molar-refractivity contribution in [3.63, 3.8) is 0 Å². The molecule has 15 heteroatoms. The lowest BCUT2D eigenvalue weighted by atomic mass is 9.96. The second-order valence-electron chi connectivity index (χ2n) is 25.9. The van der Waals surface area contributed by atoms with Crippen LogP contribution in [0.1, 0.15) is 141 Å². The third-order valence-corrected chi connectivity index (χ3v) is 16.6. The number of rotatable bonds is 10. The molecular formula is C64H90O15. The van der Waals surface area contributed by atoms with E-state index in [1.807, 2.05) is 156 Å². The summed E-state index contributed by atoms with van der Waals surface area (Å²) in [4.78, 5) is 23.8. The minimum absolute atomic E-state index is 0.0154. The molecule has 1 N–H and O–H groups in total. The Labute approximate surface area is 469 Å². The molecule has 3 aromatic rings. The molecule has 4 saturated heterocycles. The highest BCUT2D eigenvalue weighted by Gasteiger charge is 2.62. The van der Waals surface area contributed by atoms with Crippen molar-refractivity contribution in [2.24, 2.45) is 17.8 Å². The number of aliphatic hydroxyl groups is 1. The van der Waals surface area contributed by atoms with Gasteiger partial charge in [0.15, 0.2) is 40.8 Å². The van der Waals surface area contributed by atoms with Gasteiger partial charge in [-0.15, -0.1) is 0 Å². The van der Waals surface area contributed by atoms with Crippen LogP contribution in [-0.2, 0) is 83.2 Å². The van der Waals surface area contributed by atoms with Crippen LogP contribution >= 0.6 is 0 Å². The first-order valence-electron chi connectivity index (χ1n) is 28.3. The van der Waals surface area contributed by atoms with Gasteiger partial charge in [-0.2, -0.15) is 0 Å². The van der Waals surface area contributed by atoms with E-state index in [0.717, 1.165) is 22.3 Å². The second kappa shape index (κ2) is 22.8. The minimum Gasteiger partial charge on any atom is -0.390 e. The molecule has 0 bridgehead atoms. The fourth-order valence-corrected chi connectivity index (χ4v) is 12.5. The molecule has 3 aromatic carbocycles. The van der Waals surface area contributed by atoms with Gasteiger partial charge in [0.1, 0.15) is 42.7 Å². The van der Waals surface area contributed by atoms with Crippen molar-refractivity contribution in [1.82, 2.24) is 0 Å². The molecule has 0 aromatic heterocycles. The van der Waals surface area contributed by atoms with Gasteiger partial charge in [-0.25, -0.2) is 0 Å². The maximum absolute atomic E-state index is 12.4.